The first-order valence-corrected chi connectivity index (χ1v) is 8.59. The number of carbonyl (C=O) groups excluding carboxylic acids is 2. The van der Waals surface area contributed by atoms with Crippen molar-refractivity contribution in [1.82, 2.24) is 0 Å². The topological polar surface area (TPSA) is 34.1 Å². The maximum absolute atomic E-state index is 12.2. The second-order valence-electron chi connectivity index (χ2n) is 9.18. The van der Waals surface area contributed by atoms with Gasteiger partial charge < -0.3 is 0 Å². The lowest BCUT2D eigenvalue weighted by Crippen LogP contribution is -2.81. The average molecular weight is 270 g/mol. The summed E-state index contributed by atoms with van der Waals surface area (Å²) in [6.07, 6.45) is 5.25. The van der Waals surface area contributed by atoms with Crippen molar-refractivity contribution in [1.29, 1.82) is 0 Å². The molecular weight excluding hydrogens is 248 g/mol. The summed E-state index contributed by atoms with van der Waals surface area (Å²) in [4.78, 5) is 24.4. The molecular formula is C18H22O2. The van der Waals surface area contributed by atoms with Crippen molar-refractivity contribution in [2.24, 2.45) is 58.2 Å². The average Bonchev–Trinajstić information content (AvgIpc) is 3.17. The van der Waals surface area contributed by atoms with Gasteiger partial charge in [-0.3, -0.25) is 9.59 Å². The van der Waals surface area contributed by atoms with Crippen LogP contribution in [0.15, 0.2) is 0 Å². The fourth-order valence-corrected chi connectivity index (χ4v) is 9.26. The Morgan fingerprint density at radius 3 is 1.65 bits per heavy atom. The van der Waals surface area contributed by atoms with Gasteiger partial charge >= 0.3 is 0 Å². The predicted octanol–water partition coefficient (Wildman–Crippen LogP) is 2.71. The van der Waals surface area contributed by atoms with Gasteiger partial charge in [-0.2, -0.15) is 0 Å². The summed E-state index contributed by atoms with van der Waals surface area (Å²) < 4.78 is 0. The highest BCUT2D eigenvalue weighted by Crippen LogP contribution is 2.92. The van der Waals surface area contributed by atoms with Crippen molar-refractivity contribution >= 4 is 11.6 Å². The Morgan fingerprint density at radius 1 is 0.750 bits per heavy atom. The zero-order valence-corrected chi connectivity index (χ0v) is 12.3. The van der Waals surface area contributed by atoms with Crippen LogP contribution >= 0.6 is 0 Å². The number of carbonyl (C=O) groups is 2. The number of fused-ring (bicyclic) bond motifs is 15. The van der Waals surface area contributed by atoms with Gasteiger partial charge in [0.25, 0.3) is 0 Å². The minimum atomic E-state index is 0.00568. The van der Waals surface area contributed by atoms with E-state index in [2.05, 4.69) is 13.8 Å². The summed E-state index contributed by atoms with van der Waals surface area (Å²) in [6.45, 7) is 4.99. The molecule has 0 spiro atoms. The fourth-order valence-electron chi connectivity index (χ4n) is 9.26. The highest BCUT2D eigenvalue weighted by atomic mass is 16.2. The molecule has 6 saturated carbocycles. The Morgan fingerprint density at radius 2 is 1.20 bits per heavy atom. The van der Waals surface area contributed by atoms with E-state index in [1.807, 2.05) is 0 Å². The predicted molar refractivity (Wildman–Crippen MR) is 72.6 cm³/mol. The Labute approximate surface area is 119 Å². The number of rotatable bonds is 0. The fraction of sp³-hybridized carbons (Fsp3) is 0.889. The molecule has 7 unspecified atom stereocenters. The summed E-state index contributed by atoms with van der Waals surface area (Å²) >= 11 is 0. The first kappa shape index (κ1) is 11.0. The minimum absolute atomic E-state index is 0.00568. The van der Waals surface area contributed by atoms with Gasteiger partial charge in [0.05, 0.1) is 0 Å². The molecule has 10 atom stereocenters. The molecule has 2 nitrogen and oxygen atoms in total. The number of ketones is 2. The van der Waals surface area contributed by atoms with Gasteiger partial charge in [-0.1, -0.05) is 13.8 Å². The highest BCUT2D eigenvalue weighted by Gasteiger charge is 2.89. The first-order valence-electron chi connectivity index (χ1n) is 8.59. The van der Waals surface area contributed by atoms with Crippen molar-refractivity contribution < 1.29 is 9.59 Å². The molecule has 0 N–H and O–H groups in total. The van der Waals surface area contributed by atoms with Gasteiger partial charge in [-0.05, 0) is 72.0 Å². The second kappa shape index (κ2) is 2.68. The van der Waals surface area contributed by atoms with Crippen LogP contribution < -0.4 is 0 Å². The van der Waals surface area contributed by atoms with E-state index >= 15 is 0 Å². The third-order valence-electron chi connectivity index (χ3n) is 9.52. The lowest BCUT2D eigenvalue weighted by atomic mass is 9.20. The van der Waals surface area contributed by atoms with E-state index in [1.54, 1.807) is 0 Å². The Hall–Kier alpha value is -0.660. The van der Waals surface area contributed by atoms with E-state index in [0.717, 1.165) is 30.1 Å². The molecule has 6 aliphatic carbocycles. The lowest BCUT2D eigenvalue weighted by molar-refractivity contribution is -0.366. The molecule has 2 heteroatoms. The monoisotopic (exact) mass is 270 g/mol. The minimum Gasteiger partial charge on any atom is -0.291 e. The van der Waals surface area contributed by atoms with Crippen LogP contribution in [0.4, 0.5) is 0 Å². The van der Waals surface area contributed by atoms with Crippen LogP contribution in [0.3, 0.4) is 0 Å². The van der Waals surface area contributed by atoms with Crippen molar-refractivity contribution in [2.45, 2.75) is 39.5 Å². The Kier molecular flexibility index (Phi) is 1.47. The van der Waals surface area contributed by atoms with Crippen LogP contribution in [-0.2, 0) is 9.59 Å². The largest absolute Gasteiger partial charge is 0.291 e. The van der Waals surface area contributed by atoms with E-state index in [-0.39, 0.29) is 23.4 Å². The molecule has 6 aliphatic rings. The van der Waals surface area contributed by atoms with Gasteiger partial charge in [-0.25, -0.2) is 0 Å². The van der Waals surface area contributed by atoms with E-state index in [4.69, 9.17) is 0 Å². The van der Waals surface area contributed by atoms with E-state index in [1.165, 1.54) is 19.3 Å². The highest BCUT2D eigenvalue weighted by molar-refractivity contribution is 6.41. The third kappa shape index (κ3) is 0.700. The molecule has 0 aromatic rings. The molecule has 6 rings (SSSR count). The molecule has 0 aliphatic heterocycles. The van der Waals surface area contributed by atoms with Gasteiger partial charge in [-0.15, -0.1) is 0 Å². The molecule has 20 heavy (non-hydrogen) atoms. The van der Waals surface area contributed by atoms with Gasteiger partial charge in [0.2, 0.25) is 11.6 Å². The second-order valence-corrected chi connectivity index (χ2v) is 9.18. The molecule has 0 heterocycles. The van der Waals surface area contributed by atoms with Crippen molar-refractivity contribution in [3.05, 3.63) is 0 Å². The summed E-state index contributed by atoms with van der Waals surface area (Å²) in [5.74, 6) is 5.10. The van der Waals surface area contributed by atoms with Crippen molar-refractivity contribution in [2.75, 3.05) is 0 Å². The van der Waals surface area contributed by atoms with Crippen LogP contribution in [0.25, 0.3) is 0 Å². The number of hydrogen-bond donors (Lipinski definition) is 0. The van der Waals surface area contributed by atoms with Gasteiger partial charge in [0.1, 0.15) is 0 Å². The van der Waals surface area contributed by atoms with Crippen LogP contribution in [-0.4, -0.2) is 11.6 Å². The van der Waals surface area contributed by atoms with E-state index in [9.17, 15) is 9.59 Å². The Bertz CT molecular complexity index is 544. The molecule has 0 aromatic heterocycles. The summed E-state index contributed by atoms with van der Waals surface area (Å²) in [6, 6.07) is 0. The number of hydrogen-bond acceptors (Lipinski definition) is 2. The SMILES string of the molecule is CC12C3C(C4CC[C@@H]3C4)C1(C)C1C2[C@@H]2C[C@H]1C(=O)C2=O. The molecule has 0 saturated heterocycles. The van der Waals surface area contributed by atoms with Crippen LogP contribution in [0, 0.1) is 58.2 Å². The smallest absolute Gasteiger partial charge is 0.202 e. The van der Waals surface area contributed by atoms with Crippen molar-refractivity contribution in [3.63, 3.8) is 0 Å². The van der Waals surface area contributed by atoms with E-state index < -0.39 is 0 Å². The summed E-state index contributed by atoms with van der Waals surface area (Å²) in [5, 5.41) is 0. The molecule has 4 bridgehead atoms. The molecule has 0 amide bonds. The quantitative estimate of drug-likeness (QED) is 0.634. The molecule has 106 valence electrons. The zero-order valence-electron chi connectivity index (χ0n) is 12.3. The lowest BCUT2D eigenvalue weighted by Gasteiger charge is -2.83. The first-order chi connectivity index (χ1) is 9.51. The van der Waals surface area contributed by atoms with Gasteiger partial charge in [0.15, 0.2) is 0 Å². The Balaban J connectivity index is 1.51. The molecule has 0 radical (unpaired) electrons. The maximum atomic E-state index is 12.2. The molecule has 6 fully saturated rings. The van der Waals surface area contributed by atoms with Crippen LogP contribution in [0.2, 0.25) is 0 Å². The summed E-state index contributed by atoms with van der Waals surface area (Å²) in [7, 11) is 0. The normalized spacial score (nSPS) is 71.3. The summed E-state index contributed by atoms with van der Waals surface area (Å²) in [5.41, 5.74) is 0.801. The third-order valence-corrected chi connectivity index (χ3v) is 9.52. The van der Waals surface area contributed by atoms with Crippen molar-refractivity contribution in [3.8, 4) is 0 Å². The van der Waals surface area contributed by atoms with Crippen LogP contribution in [0.1, 0.15) is 39.5 Å². The maximum Gasteiger partial charge on any atom is 0.202 e. The van der Waals surface area contributed by atoms with Gasteiger partial charge in [0, 0.05) is 11.8 Å². The molecule has 0 aromatic carbocycles. The van der Waals surface area contributed by atoms with Crippen LogP contribution in [0.5, 0.6) is 0 Å². The number of Topliss-reactive ketones (excluding diaryl/α,β-unsaturated/α-hetero) is 2. The zero-order chi connectivity index (χ0) is 13.6. The van der Waals surface area contributed by atoms with E-state index in [0.29, 0.717) is 22.7 Å². The standard InChI is InChI=1S/C18H22O2/c1-17-11-7-3-4-8(5-7)12(11)18(17,2)14-10-6-9(13(14)17)15(19)16(10)20/h7-14H,3-6H2,1-2H3/t7-,8?,9+,10-,11?,12?,13?,14?,17?,18?/m1/s1.